The molecule has 0 aliphatic heterocycles. The molecule has 0 unspecified atom stereocenters. The van der Waals surface area contributed by atoms with Crippen molar-refractivity contribution in [2.45, 2.75) is 0 Å². The monoisotopic (exact) mass is 240 g/mol. The van der Waals surface area contributed by atoms with Crippen LogP contribution in [-0.4, -0.2) is 16.2 Å². The van der Waals surface area contributed by atoms with E-state index in [1.54, 1.807) is 18.2 Å². The Balaban J connectivity index is 2.42. The first kappa shape index (κ1) is 11.9. The summed E-state index contributed by atoms with van der Waals surface area (Å²) in [5.74, 6) is -0.821. The Morgan fingerprint density at radius 2 is 1.78 bits per heavy atom. The molecular formula is C15H12O3. The number of carboxylic acids is 1. The van der Waals surface area contributed by atoms with Gasteiger partial charge in [-0.1, -0.05) is 36.4 Å². The van der Waals surface area contributed by atoms with Gasteiger partial charge in [-0.05, 0) is 29.3 Å². The highest BCUT2D eigenvalue weighted by atomic mass is 16.4. The minimum atomic E-state index is -0.996. The quantitative estimate of drug-likeness (QED) is 0.810. The Morgan fingerprint density at radius 1 is 1.06 bits per heavy atom. The molecule has 18 heavy (non-hydrogen) atoms. The van der Waals surface area contributed by atoms with E-state index < -0.39 is 5.97 Å². The zero-order valence-electron chi connectivity index (χ0n) is 9.58. The summed E-state index contributed by atoms with van der Waals surface area (Å²) in [5, 5.41) is 18.4. The van der Waals surface area contributed by atoms with Crippen molar-refractivity contribution < 1.29 is 15.0 Å². The van der Waals surface area contributed by atoms with E-state index in [-0.39, 0.29) is 5.75 Å². The third-order valence-corrected chi connectivity index (χ3v) is 2.52. The van der Waals surface area contributed by atoms with Gasteiger partial charge in [0, 0.05) is 11.6 Å². The lowest BCUT2D eigenvalue weighted by molar-refractivity contribution is -0.131. The maximum absolute atomic E-state index is 10.5. The lowest BCUT2D eigenvalue weighted by Crippen LogP contribution is -1.86. The molecule has 0 atom stereocenters. The van der Waals surface area contributed by atoms with Gasteiger partial charge in [-0.3, -0.25) is 0 Å². The molecule has 0 fully saturated rings. The fraction of sp³-hybridized carbons (Fsp3) is 0. The van der Waals surface area contributed by atoms with Crippen LogP contribution in [0.5, 0.6) is 5.75 Å². The number of hydrogen-bond acceptors (Lipinski definition) is 2. The first-order chi connectivity index (χ1) is 8.66. The summed E-state index contributed by atoms with van der Waals surface area (Å²) >= 11 is 0. The molecule has 0 radical (unpaired) electrons. The average molecular weight is 240 g/mol. The first-order valence-electron chi connectivity index (χ1n) is 5.46. The predicted molar refractivity (Wildman–Crippen MR) is 70.2 cm³/mol. The molecule has 0 aromatic heterocycles. The minimum absolute atomic E-state index is 0.175. The second-order valence-electron chi connectivity index (χ2n) is 3.81. The maximum Gasteiger partial charge on any atom is 0.328 e. The third-order valence-electron chi connectivity index (χ3n) is 2.52. The van der Waals surface area contributed by atoms with Crippen molar-refractivity contribution >= 4 is 12.0 Å². The van der Waals surface area contributed by atoms with Crippen molar-refractivity contribution in [1.29, 1.82) is 0 Å². The molecule has 2 aromatic carbocycles. The van der Waals surface area contributed by atoms with Crippen LogP contribution in [0.4, 0.5) is 0 Å². The van der Waals surface area contributed by atoms with Crippen LogP contribution in [0.1, 0.15) is 5.56 Å². The number of aliphatic carboxylic acids is 1. The molecule has 0 saturated heterocycles. The van der Waals surface area contributed by atoms with Crippen LogP contribution in [0.15, 0.2) is 54.6 Å². The van der Waals surface area contributed by atoms with Crippen LogP contribution in [0.3, 0.4) is 0 Å². The molecule has 90 valence electrons. The van der Waals surface area contributed by atoms with Crippen LogP contribution in [-0.2, 0) is 4.79 Å². The molecule has 2 rings (SSSR count). The van der Waals surface area contributed by atoms with Gasteiger partial charge in [0.15, 0.2) is 0 Å². The molecule has 0 aliphatic carbocycles. The van der Waals surface area contributed by atoms with Crippen molar-refractivity contribution in [3.05, 3.63) is 60.2 Å². The Hall–Kier alpha value is -2.55. The van der Waals surface area contributed by atoms with Crippen LogP contribution >= 0.6 is 0 Å². The van der Waals surface area contributed by atoms with Crippen LogP contribution in [0.25, 0.3) is 17.2 Å². The number of phenols is 1. The molecule has 0 aliphatic rings. The summed E-state index contributed by atoms with van der Waals surface area (Å²) < 4.78 is 0. The number of phenolic OH excluding ortho intramolecular Hbond substituents is 1. The van der Waals surface area contributed by atoms with Crippen molar-refractivity contribution in [2.75, 3.05) is 0 Å². The topological polar surface area (TPSA) is 57.5 Å². The number of benzene rings is 2. The van der Waals surface area contributed by atoms with Gasteiger partial charge < -0.3 is 10.2 Å². The Morgan fingerprint density at radius 3 is 2.44 bits per heavy atom. The summed E-state index contributed by atoms with van der Waals surface area (Å²) in [5.41, 5.74) is 2.30. The van der Waals surface area contributed by atoms with Gasteiger partial charge in [-0.2, -0.15) is 0 Å². The Kier molecular flexibility index (Phi) is 3.44. The molecule has 3 heteroatoms. The fourth-order valence-electron chi connectivity index (χ4n) is 1.67. The van der Waals surface area contributed by atoms with E-state index in [1.807, 2.05) is 30.3 Å². The number of aromatic hydroxyl groups is 1. The molecule has 0 amide bonds. The normalized spacial score (nSPS) is 10.7. The molecule has 0 bridgehead atoms. The van der Waals surface area contributed by atoms with Gasteiger partial charge in [0.1, 0.15) is 5.75 Å². The number of carbonyl (C=O) groups is 1. The van der Waals surface area contributed by atoms with Gasteiger partial charge >= 0.3 is 5.97 Å². The molecule has 0 heterocycles. The summed E-state index contributed by atoms with van der Waals surface area (Å²) in [6.45, 7) is 0. The average Bonchev–Trinajstić information content (AvgIpc) is 2.38. The van der Waals surface area contributed by atoms with Crippen LogP contribution in [0, 0.1) is 0 Å². The lowest BCUT2D eigenvalue weighted by Gasteiger charge is -2.05. The lowest BCUT2D eigenvalue weighted by atomic mass is 10.0. The second-order valence-corrected chi connectivity index (χ2v) is 3.81. The van der Waals surface area contributed by atoms with Crippen LogP contribution in [0.2, 0.25) is 0 Å². The van der Waals surface area contributed by atoms with Crippen molar-refractivity contribution in [1.82, 2.24) is 0 Å². The van der Waals surface area contributed by atoms with E-state index in [9.17, 15) is 9.90 Å². The molecular weight excluding hydrogens is 228 g/mol. The Labute approximate surface area is 105 Å². The minimum Gasteiger partial charge on any atom is -0.507 e. The van der Waals surface area contributed by atoms with E-state index in [2.05, 4.69) is 0 Å². The number of hydrogen-bond donors (Lipinski definition) is 2. The molecule has 3 nitrogen and oxygen atoms in total. The van der Waals surface area contributed by atoms with E-state index in [0.29, 0.717) is 5.56 Å². The third kappa shape index (κ3) is 2.77. The first-order valence-corrected chi connectivity index (χ1v) is 5.46. The SMILES string of the molecule is O=C(O)/C=C/c1ccc(O)c(-c2ccccc2)c1. The summed E-state index contributed by atoms with van der Waals surface area (Å²) in [4.78, 5) is 10.5. The summed E-state index contributed by atoms with van der Waals surface area (Å²) in [7, 11) is 0. The predicted octanol–water partition coefficient (Wildman–Crippen LogP) is 3.16. The smallest absolute Gasteiger partial charge is 0.328 e. The van der Waals surface area contributed by atoms with Crippen molar-refractivity contribution in [3.63, 3.8) is 0 Å². The molecule has 0 saturated carbocycles. The summed E-state index contributed by atoms with van der Waals surface area (Å²) in [6, 6.07) is 14.4. The highest BCUT2D eigenvalue weighted by Gasteiger charge is 2.04. The second kappa shape index (κ2) is 5.19. The highest BCUT2D eigenvalue weighted by Crippen LogP contribution is 2.30. The van der Waals surface area contributed by atoms with E-state index in [4.69, 9.17) is 5.11 Å². The largest absolute Gasteiger partial charge is 0.507 e. The van der Waals surface area contributed by atoms with E-state index in [0.717, 1.165) is 17.2 Å². The highest BCUT2D eigenvalue weighted by molar-refractivity contribution is 5.86. The van der Waals surface area contributed by atoms with Crippen molar-refractivity contribution in [2.24, 2.45) is 0 Å². The van der Waals surface area contributed by atoms with Crippen LogP contribution < -0.4 is 0 Å². The van der Waals surface area contributed by atoms with E-state index in [1.165, 1.54) is 6.08 Å². The molecule has 2 aromatic rings. The van der Waals surface area contributed by atoms with Gasteiger partial charge in [0.2, 0.25) is 0 Å². The number of rotatable bonds is 3. The molecule has 0 spiro atoms. The zero-order valence-corrected chi connectivity index (χ0v) is 9.58. The zero-order chi connectivity index (χ0) is 13.0. The standard InChI is InChI=1S/C15H12O3/c16-14-8-6-11(7-9-15(17)18)10-13(14)12-4-2-1-3-5-12/h1-10,16H,(H,17,18)/b9-7+. The molecule has 2 N–H and O–H groups in total. The Bertz CT molecular complexity index is 586. The van der Waals surface area contributed by atoms with Gasteiger partial charge in [0.05, 0.1) is 0 Å². The summed E-state index contributed by atoms with van der Waals surface area (Å²) in [6.07, 6.45) is 2.56. The van der Waals surface area contributed by atoms with Gasteiger partial charge in [0.25, 0.3) is 0 Å². The van der Waals surface area contributed by atoms with Crippen molar-refractivity contribution in [3.8, 4) is 16.9 Å². The van der Waals surface area contributed by atoms with Gasteiger partial charge in [-0.15, -0.1) is 0 Å². The van der Waals surface area contributed by atoms with Gasteiger partial charge in [-0.25, -0.2) is 4.79 Å². The number of carboxylic acid groups (broad SMARTS) is 1. The van der Waals surface area contributed by atoms with E-state index >= 15 is 0 Å². The fourth-order valence-corrected chi connectivity index (χ4v) is 1.67. The maximum atomic E-state index is 10.5.